The average Bonchev–Trinajstić information content (AvgIpc) is 1.86. The van der Waals surface area contributed by atoms with Crippen molar-refractivity contribution in [3.05, 3.63) is 6.92 Å². The fourth-order valence-corrected chi connectivity index (χ4v) is 0.547. The van der Waals surface area contributed by atoms with E-state index in [0.717, 1.165) is 0 Å². The molecule has 0 aromatic heterocycles. The van der Waals surface area contributed by atoms with Crippen molar-refractivity contribution in [2.75, 3.05) is 5.75 Å². The first kappa shape index (κ1) is 19.6. The van der Waals surface area contributed by atoms with E-state index in [4.69, 9.17) is 9.66 Å². The summed E-state index contributed by atoms with van der Waals surface area (Å²) < 4.78 is 27.4. The Hall–Kier alpha value is 1.02. The van der Waals surface area contributed by atoms with Crippen molar-refractivity contribution >= 4 is 16.1 Å². The van der Waals surface area contributed by atoms with Crippen molar-refractivity contribution in [2.24, 2.45) is 0 Å². The quantitative estimate of drug-likeness (QED) is 0.323. The summed E-state index contributed by atoms with van der Waals surface area (Å²) in [6, 6.07) is 0. The predicted octanol–water partition coefficient (Wildman–Crippen LogP) is -2.42. The minimum atomic E-state index is -3.74. The molecule has 0 saturated heterocycles. The summed E-state index contributed by atoms with van der Waals surface area (Å²) in [5.41, 5.74) is 0. The van der Waals surface area contributed by atoms with Crippen LogP contribution in [0.2, 0.25) is 0 Å². The summed E-state index contributed by atoms with van der Waals surface area (Å²) in [6.07, 6.45) is 0.443. The van der Waals surface area contributed by atoms with Gasteiger partial charge in [0.2, 0.25) is 0 Å². The molecule has 0 atom stereocenters. The van der Waals surface area contributed by atoms with Crippen LogP contribution in [0.4, 0.5) is 0 Å². The molecule has 7 heteroatoms. The van der Waals surface area contributed by atoms with Crippen LogP contribution in [0.3, 0.4) is 0 Å². The van der Waals surface area contributed by atoms with Crippen LogP contribution in [-0.2, 0) is 14.9 Å². The molecule has 0 spiro atoms. The topological polar surface area (TPSA) is 91.7 Å². The smallest absolute Gasteiger partial charge is 0.481 e. The van der Waals surface area contributed by atoms with Gasteiger partial charge in [0.05, 0.1) is 0 Å². The molecule has 0 aliphatic rings. The monoisotopic (exact) mass is 236 g/mol. The molecule has 0 amide bonds. The number of carboxylic acids is 1. The van der Waals surface area contributed by atoms with Crippen LogP contribution in [0.15, 0.2) is 0 Å². The molecule has 74 valence electrons. The van der Waals surface area contributed by atoms with E-state index in [2.05, 4.69) is 6.92 Å². The van der Waals surface area contributed by atoms with Crippen LogP contribution in [-0.4, -0.2) is 29.8 Å². The van der Waals surface area contributed by atoms with E-state index in [1.165, 1.54) is 0 Å². The molecule has 0 radical (unpaired) electrons. The maximum absolute atomic E-state index is 9.75. The summed E-state index contributed by atoms with van der Waals surface area (Å²) in [5, 5.41) is 7.72. The van der Waals surface area contributed by atoms with Gasteiger partial charge >= 0.3 is 57.4 Å². The number of carbonyl (C=O) groups is 1. The van der Waals surface area contributed by atoms with E-state index in [1.54, 1.807) is 6.92 Å². The van der Waals surface area contributed by atoms with Crippen molar-refractivity contribution in [1.29, 1.82) is 0 Å². The molecule has 0 aliphatic carbocycles. The molecule has 0 rings (SSSR count). The fraction of sp³-hybridized carbons (Fsp3) is 0.667. The van der Waals surface area contributed by atoms with Crippen molar-refractivity contribution in [3.63, 3.8) is 0 Å². The van der Waals surface area contributed by atoms with Crippen LogP contribution in [0, 0.1) is 6.92 Å². The molecule has 13 heavy (non-hydrogen) atoms. The third-order valence-electron chi connectivity index (χ3n) is 0.705. The van der Waals surface area contributed by atoms with E-state index in [-0.39, 0.29) is 70.0 Å². The Labute approximate surface area is 121 Å². The Bertz CT molecular complexity index is 211. The molecule has 0 aliphatic heterocycles. The first-order valence-corrected chi connectivity index (χ1v) is 4.90. The molecule has 2 N–H and O–H groups in total. The summed E-state index contributed by atoms with van der Waals surface area (Å²) in [4.78, 5) is 9.37. The number of hydrogen-bond acceptors (Lipinski definition) is 3. The van der Waals surface area contributed by atoms with Gasteiger partial charge in [-0.2, -0.15) is 14.8 Å². The largest absolute Gasteiger partial charge is 1.00 e. The Balaban J connectivity index is -0.000000150. The molecular formula is C6H13KO5S. The van der Waals surface area contributed by atoms with Crippen LogP contribution >= 0.6 is 0 Å². The van der Waals surface area contributed by atoms with Crippen LogP contribution in [0.5, 0.6) is 0 Å². The number of rotatable bonds is 3. The Morgan fingerprint density at radius 2 is 1.77 bits per heavy atom. The molecule has 0 fully saturated rings. The van der Waals surface area contributed by atoms with Crippen molar-refractivity contribution in [1.82, 2.24) is 0 Å². The maximum Gasteiger partial charge on any atom is 1.00 e. The van der Waals surface area contributed by atoms with Gasteiger partial charge in [-0.1, -0.05) is 6.92 Å². The molecule has 5 nitrogen and oxygen atoms in total. The Morgan fingerprint density at radius 1 is 1.46 bits per heavy atom. The summed E-state index contributed by atoms with van der Waals surface area (Å²) in [5.74, 6) is -0.988. The van der Waals surface area contributed by atoms with E-state index in [1.807, 2.05) is 0 Å². The van der Waals surface area contributed by atoms with Gasteiger partial charge in [0, 0.05) is 12.2 Å². The van der Waals surface area contributed by atoms with Gasteiger partial charge in [0.25, 0.3) is 10.1 Å². The second-order valence-corrected chi connectivity index (χ2v) is 3.46. The minimum Gasteiger partial charge on any atom is -0.481 e. The second-order valence-electron chi connectivity index (χ2n) is 1.89. The van der Waals surface area contributed by atoms with E-state index >= 15 is 0 Å². The average molecular weight is 236 g/mol. The van der Waals surface area contributed by atoms with Crippen LogP contribution in [0.1, 0.15) is 19.8 Å². The zero-order chi connectivity index (χ0) is 10.2. The predicted molar refractivity (Wildman–Crippen MR) is 44.3 cm³/mol. The van der Waals surface area contributed by atoms with E-state index in [9.17, 15) is 13.2 Å². The maximum atomic E-state index is 9.75. The van der Waals surface area contributed by atoms with Gasteiger partial charge in [-0.25, -0.2) is 0 Å². The summed E-state index contributed by atoms with van der Waals surface area (Å²) in [6.45, 7) is 4.83. The molecule has 0 bridgehead atoms. The van der Waals surface area contributed by atoms with E-state index < -0.39 is 16.1 Å². The minimum absolute atomic E-state index is 0. The number of hydrogen-bond donors (Lipinski definition) is 2. The fourth-order valence-electron chi connectivity index (χ4n) is 0.182. The normalized spacial score (nSPS) is 9.15. The zero-order valence-corrected chi connectivity index (χ0v) is 11.8. The Kier molecular flexibility index (Phi) is 16.7. The summed E-state index contributed by atoms with van der Waals surface area (Å²) in [7, 11) is -3.74. The van der Waals surface area contributed by atoms with E-state index in [0.29, 0.717) is 0 Å². The number of aliphatic carboxylic acids is 1. The third-order valence-corrected chi connectivity index (χ3v) is 1.51. The number of carboxylic acid groups (broad SMARTS) is 1. The van der Waals surface area contributed by atoms with Gasteiger partial charge in [-0.15, -0.1) is 0 Å². The molecule has 0 unspecified atom stereocenters. The summed E-state index contributed by atoms with van der Waals surface area (Å²) >= 11 is 0. The van der Waals surface area contributed by atoms with Crippen molar-refractivity contribution in [2.45, 2.75) is 19.8 Å². The van der Waals surface area contributed by atoms with Crippen LogP contribution < -0.4 is 51.4 Å². The van der Waals surface area contributed by atoms with Crippen LogP contribution in [0.25, 0.3) is 0 Å². The Morgan fingerprint density at radius 3 is 1.77 bits per heavy atom. The van der Waals surface area contributed by atoms with Crippen molar-refractivity contribution < 1.29 is 74.3 Å². The SMILES string of the molecule is CCC(=O)O.[CH2-]CCS(=O)(=O)O.[K+]. The van der Waals surface area contributed by atoms with Crippen molar-refractivity contribution in [3.8, 4) is 0 Å². The van der Waals surface area contributed by atoms with Gasteiger partial charge in [-0.05, 0) is 0 Å². The second kappa shape index (κ2) is 11.1. The van der Waals surface area contributed by atoms with Gasteiger partial charge in [0.15, 0.2) is 0 Å². The van der Waals surface area contributed by atoms with Gasteiger partial charge < -0.3 is 12.0 Å². The molecule has 0 aromatic rings. The van der Waals surface area contributed by atoms with Gasteiger partial charge in [0.1, 0.15) is 0 Å². The third kappa shape index (κ3) is 32.1. The standard InChI is InChI=1S/C3H7O3S.C3H6O2.K/c1-2-3-7(4,5)6;1-2-3(4)5;/h1-3H2,(H,4,5,6);2H2,1H3,(H,4,5);/q-1;;+1. The molecule has 0 heterocycles. The molecule has 0 saturated carbocycles. The first-order chi connectivity index (χ1) is 5.33. The first-order valence-electron chi connectivity index (χ1n) is 3.29. The van der Waals surface area contributed by atoms with Gasteiger partial charge in [-0.3, -0.25) is 9.35 Å². The molecule has 0 aromatic carbocycles. The zero-order valence-electron chi connectivity index (χ0n) is 7.86. The molecular weight excluding hydrogens is 223 g/mol.